The Morgan fingerprint density at radius 1 is 0.741 bits per heavy atom. The maximum Gasteiger partial charge on any atom is 0.161 e. The van der Waals surface area contributed by atoms with Crippen molar-refractivity contribution >= 4 is 22.7 Å². The van der Waals surface area contributed by atoms with Crippen LogP contribution in [0.5, 0.6) is 5.75 Å². The van der Waals surface area contributed by atoms with E-state index in [-0.39, 0.29) is 5.75 Å². The van der Waals surface area contributed by atoms with Crippen LogP contribution < -0.4 is 0 Å². The van der Waals surface area contributed by atoms with E-state index >= 15 is 0 Å². The molecule has 0 spiro atoms. The third-order valence-electron chi connectivity index (χ3n) is 5.22. The van der Waals surface area contributed by atoms with Crippen molar-refractivity contribution in [3.63, 3.8) is 0 Å². The van der Waals surface area contributed by atoms with Gasteiger partial charge in [0, 0.05) is 17.2 Å². The molecule has 2 rings (SSSR count). The molecule has 152 valence electrons. The van der Waals surface area contributed by atoms with Crippen LogP contribution in [-0.2, 0) is 0 Å². The third kappa shape index (κ3) is 9.60. The summed E-state index contributed by atoms with van der Waals surface area (Å²) in [5.41, 5.74) is 0.776. The van der Waals surface area contributed by atoms with Gasteiger partial charge in [0.1, 0.15) is 11.3 Å². The van der Waals surface area contributed by atoms with Crippen molar-refractivity contribution < 1.29 is 9.52 Å². The summed E-state index contributed by atoms with van der Waals surface area (Å²) in [5, 5.41) is 11.5. The van der Waals surface area contributed by atoms with Crippen molar-refractivity contribution in [2.24, 2.45) is 0 Å². The second kappa shape index (κ2) is 14.0. The second-order valence-electron chi connectivity index (χ2n) is 7.73. The van der Waals surface area contributed by atoms with Crippen LogP contribution in [0.1, 0.15) is 96.8 Å². The van der Waals surface area contributed by atoms with Gasteiger partial charge >= 0.3 is 0 Å². The number of aromatic hydroxyl groups is 1. The SMILES string of the molecule is CCCCCCCCCCCCCCCCSc1cc2ccc(O)cc2o1. The first kappa shape index (κ1) is 22.2. The Bertz CT molecular complexity index is 620. The minimum atomic E-state index is 0.264. The number of thioether (sulfide) groups is 1. The lowest BCUT2D eigenvalue weighted by atomic mass is 10.0. The number of phenols is 1. The van der Waals surface area contributed by atoms with Gasteiger partial charge in [0.05, 0.1) is 0 Å². The Morgan fingerprint density at radius 3 is 1.89 bits per heavy atom. The fourth-order valence-electron chi connectivity index (χ4n) is 3.54. The smallest absolute Gasteiger partial charge is 0.161 e. The zero-order chi connectivity index (χ0) is 19.2. The van der Waals surface area contributed by atoms with Crippen LogP contribution in [0.3, 0.4) is 0 Å². The van der Waals surface area contributed by atoms with E-state index in [4.69, 9.17) is 4.42 Å². The largest absolute Gasteiger partial charge is 0.508 e. The molecule has 0 radical (unpaired) electrons. The molecule has 1 N–H and O–H groups in total. The Balaban J connectivity index is 1.37. The molecule has 0 fully saturated rings. The van der Waals surface area contributed by atoms with E-state index in [9.17, 15) is 5.11 Å². The molecule has 27 heavy (non-hydrogen) atoms. The maximum absolute atomic E-state index is 9.49. The molecule has 1 heterocycles. The highest BCUT2D eigenvalue weighted by Gasteiger charge is 2.05. The minimum Gasteiger partial charge on any atom is -0.508 e. The van der Waals surface area contributed by atoms with E-state index in [1.165, 1.54) is 89.9 Å². The average molecular weight is 391 g/mol. The van der Waals surface area contributed by atoms with E-state index < -0.39 is 0 Å². The van der Waals surface area contributed by atoms with E-state index in [0.717, 1.165) is 21.8 Å². The number of benzene rings is 1. The number of hydrogen-bond acceptors (Lipinski definition) is 3. The summed E-state index contributed by atoms with van der Waals surface area (Å²) in [6, 6.07) is 7.37. The topological polar surface area (TPSA) is 33.4 Å². The number of unbranched alkanes of at least 4 members (excludes halogenated alkanes) is 13. The standard InChI is InChI=1S/C24H38O2S/c1-2-3-4-5-6-7-8-9-10-11-12-13-14-15-18-27-24-19-21-16-17-22(25)20-23(21)26-24/h16-17,19-20,25H,2-15,18H2,1H3. The van der Waals surface area contributed by atoms with Gasteiger partial charge in [-0.05, 0) is 24.6 Å². The maximum atomic E-state index is 9.49. The van der Waals surface area contributed by atoms with Crippen LogP contribution >= 0.6 is 11.8 Å². The highest BCUT2D eigenvalue weighted by atomic mass is 32.2. The number of rotatable bonds is 16. The van der Waals surface area contributed by atoms with Gasteiger partial charge in [-0.25, -0.2) is 0 Å². The first-order valence-electron chi connectivity index (χ1n) is 11.1. The summed E-state index contributed by atoms with van der Waals surface area (Å²) in [5.74, 6) is 1.38. The summed E-state index contributed by atoms with van der Waals surface area (Å²) in [4.78, 5) is 0. The van der Waals surface area contributed by atoms with E-state index in [1.54, 1.807) is 23.9 Å². The van der Waals surface area contributed by atoms with Crippen LogP contribution in [0.4, 0.5) is 0 Å². The van der Waals surface area contributed by atoms with Gasteiger partial charge in [0.2, 0.25) is 0 Å². The molecule has 0 saturated heterocycles. The molecule has 0 unspecified atom stereocenters. The van der Waals surface area contributed by atoms with Gasteiger partial charge in [-0.1, -0.05) is 102 Å². The molecule has 0 aliphatic carbocycles. The molecule has 1 aromatic carbocycles. The first-order valence-corrected chi connectivity index (χ1v) is 12.1. The molecular formula is C24H38O2S. The fourth-order valence-corrected chi connectivity index (χ4v) is 4.44. The highest BCUT2D eigenvalue weighted by Crippen LogP contribution is 2.29. The highest BCUT2D eigenvalue weighted by molar-refractivity contribution is 7.99. The van der Waals surface area contributed by atoms with Crippen molar-refractivity contribution in [1.29, 1.82) is 0 Å². The van der Waals surface area contributed by atoms with Crippen molar-refractivity contribution in [3.8, 4) is 5.75 Å². The van der Waals surface area contributed by atoms with Gasteiger partial charge < -0.3 is 9.52 Å². The third-order valence-corrected chi connectivity index (χ3v) is 6.20. The summed E-state index contributed by atoms with van der Waals surface area (Å²) in [6.45, 7) is 2.28. The molecule has 0 amide bonds. The van der Waals surface area contributed by atoms with Crippen molar-refractivity contribution in [2.75, 3.05) is 5.75 Å². The van der Waals surface area contributed by atoms with Crippen molar-refractivity contribution in [2.45, 2.75) is 102 Å². The zero-order valence-electron chi connectivity index (χ0n) is 17.2. The molecule has 0 saturated carbocycles. The van der Waals surface area contributed by atoms with Gasteiger partial charge in [0.15, 0.2) is 5.09 Å². The molecule has 0 atom stereocenters. The lowest BCUT2D eigenvalue weighted by molar-refractivity contribution is 0.471. The Hall–Kier alpha value is -1.09. The molecule has 0 bridgehead atoms. The summed E-state index contributed by atoms with van der Waals surface area (Å²) >= 11 is 1.79. The fraction of sp³-hybridized carbons (Fsp3) is 0.667. The molecule has 0 aliphatic rings. The van der Waals surface area contributed by atoms with Gasteiger partial charge in [0.25, 0.3) is 0 Å². The minimum absolute atomic E-state index is 0.264. The quantitative estimate of drug-likeness (QED) is 0.230. The molecule has 2 aromatic rings. The van der Waals surface area contributed by atoms with Crippen LogP contribution in [0.2, 0.25) is 0 Å². The number of phenolic OH excluding ortho intramolecular Hbond substituents is 1. The van der Waals surface area contributed by atoms with Crippen LogP contribution in [0, 0.1) is 0 Å². The molecule has 2 nitrogen and oxygen atoms in total. The second-order valence-corrected chi connectivity index (χ2v) is 8.83. The molecule has 0 aliphatic heterocycles. The summed E-state index contributed by atoms with van der Waals surface area (Å²) in [7, 11) is 0. The number of hydrogen-bond donors (Lipinski definition) is 1. The Kier molecular flexibility index (Phi) is 11.5. The Labute approximate surface area is 170 Å². The normalized spacial score (nSPS) is 11.4. The summed E-state index contributed by atoms with van der Waals surface area (Å²) < 4.78 is 5.77. The van der Waals surface area contributed by atoms with Crippen LogP contribution in [0.15, 0.2) is 33.8 Å². The number of furan rings is 1. The molecule has 1 aromatic heterocycles. The summed E-state index contributed by atoms with van der Waals surface area (Å²) in [6.07, 6.45) is 19.6. The lowest BCUT2D eigenvalue weighted by Gasteiger charge is -2.03. The van der Waals surface area contributed by atoms with Crippen LogP contribution in [-0.4, -0.2) is 10.9 Å². The van der Waals surface area contributed by atoms with E-state index in [2.05, 4.69) is 13.0 Å². The lowest BCUT2D eigenvalue weighted by Crippen LogP contribution is -1.84. The van der Waals surface area contributed by atoms with Crippen molar-refractivity contribution in [1.82, 2.24) is 0 Å². The Morgan fingerprint density at radius 2 is 1.30 bits per heavy atom. The van der Waals surface area contributed by atoms with Gasteiger partial charge in [-0.3, -0.25) is 0 Å². The first-order chi connectivity index (χ1) is 13.3. The van der Waals surface area contributed by atoms with E-state index in [0.29, 0.717) is 0 Å². The van der Waals surface area contributed by atoms with E-state index in [1.807, 2.05) is 6.07 Å². The number of fused-ring (bicyclic) bond motifs is 1. The average Bonchev–Trinajstić information content (AvgIpc) is 3.06. The van der Waals surface area contributed by atoms with Crippen molar-refractivity contribution in [3.05, 3.63) is 24.3 Å². The van der Waals surface area contributed by atoms with Gasteiger partial charge in [-0.2, -0.15) is 0 Å². The van der Waals surface area contributed by atoms with Gasteiger partial charge in [-0.15, -0.1) is 0 Å². The zero-order valence-corrected chi connectivity index (χ0v) is 18.0. The predicted octanol–water partition coefficient (Wildman–Crippen LogP) is 8.71. The predicted molar refractivity (Wildman–Crippen MR) is 119 cm³/mol. The molecule has 3 heteroatoms. The van der Waals surface area contributed by atoms with Crippen LogP contribution in [0.25, 0.3) is 11.0 Å². The monoisotopic (exact) mass is 390 g/mol. The molecular weight excluding hydrogens is 352 g/mol.